The van der Waals surface area contributed by atoms with E-state index in [0.717, 1.165) is 10.6 Å². The number of hydrogen-bond donors (Lipinski definition) is 2. The lowest BCUT2D eigenvalue weighted by atomic mass is 10.1. The predicted octanol–water partition coefficient (Wildman–Crippen LogP) is 1.86. The summed E-state index contributed by atoms with van der Waals surface area (Å²) in [6.45, 7) is 3.16. The average molecular weight is 613 g/mol. The number of nitriles is 1. The van der Waals surface area contributed by atoms with Crippen molar-refractivity contribution in [1.82, 2.24) is 14.3 Å². The number of benzene rings is 2. The fourth-order valence-corrected chi connectivity index (χ4v) is 6.99. The minimum absolute atomic E-state index is 0.0192. The lowest BCUT2D eigenvalue weighted by Crippen LogP contribution is -2.49. The van der Waals surface area contributed by atoms with E-state index in [1.54, 1.807) is 59.8 Å². The Morgan fingerprint density at radius 1 is 1.10 bits per heavy atom. The molecule has 1 aromatic heterocycles. The first-order valence-corrected chi connectivity index (χ1v) is 16.3. The van der Waals surface area contributed by atoms with Crippen molar-refractivity contribution in [3.63, 3.8) is 0 Å². The van der Waals surface area contributed by atoms with Crippen LogP contribution in [0.25, 0.3) is 0 Å². The highest BCUT2D eigenvalue weighted by atomic mass is 32.2. The zero-order valence-corrected chi connectivity index (χ0v) is 25.1. The van der Waals surface area contributed by atoms with Crippen LogP contribution in [0, 0.1) is 18.3 Å². The first kappa shape index (κ1) is 30.8. The highest BCUT2D eigenvalue weighted by molar-refractivity contribution is 7.92. The van der Waals surface area contributed by atoms with E-state index in [0.29, 0.717) is 48.4 Å². The molecule has 222 valence electrons. The molecular weight excluding hydrogens is 580 g/mol. The van der Waals surface area contributed by atoms with Gasteiger partial charge in [0.15, 0.2) is 0 Å². The summed E-state index contributed by atoms with van der Waals surface area (Å²) in [6, 6.07) is 16.4. The molecule has 2 N–H and O–H groups in total. The normalized spacial score (nSPS) is 15.4. The number of aliphatic hydroxyl groups is 1. The minimum atomic E-state index is -3.58. The molecule has 1 unspecified atom stereocenters. The molecule has 1 saturated heterocycles. The van der Waals surface area contributed by atoms with Gasteiger partial charge in [0, 0.05) is 44.6 Å². The molecule has 1 aliphatic heterocycles. The van der Waals surface area contributed by atoms with Crippen molar-refractivity contribution in [3.05, 3.63) is 71.5 Å². The van der Waals surface area contributed by atoms with E-state index in [1.165, 1.54) is 13.1 Å². The lowest BCUT2D eigenvalue weighted by molar-refractivity contribution is 0.102. The fraction of sp³-hybridized carbons (Fsp3) is 0.333. The van der Waals surface area contributed by atoms with Gasteiger partial charge in [-0.2, -0.15) is 5.26 Å². The van der Waals surface area contributed by atoms with Crippen molar-refractivity contribution in [2.75, 3.05) is 67.2 Å². The van der Waals surface area contributed by atoms with Gasteiger partial charge in [-0.3, -0.25) is 9.10 Å². The Labute approximate surface area is 245 Å². The largest absolute Gasteiger partial charge is 0.394 e. The molecule has 0 radical (unpaired) electrons. The number of rotatable bonds is 9. The molecule has 15 heteroatoms. The third kappa shape index (κ3) is 6.85. The summed E-state index contributed by atoms with van der Waals surface area (Å²) in [6.07, 6.45) is 1.06. The molecule has 0 bridgehead atoms. The van der Waals surface area contributed by atoms with E-state index in [1.807, 2.05) is 11.0 Å². The number of hydrogen-bond acceptors (Lipinski definition) is 10. The van der Waals surface area contributed by atoms with Gasteiger partial charge in [-0.05, 0) is 49.4 Å². The maximum Gasteiger partial charge on any atom is 0.257 e. The second kappa shape index (κ2) is 12.8. The number of piperazine rings is 1. The van der Waals surface area contributed by atoms with Crippen LogP contribution in [0.2, 0.25) is 0 Å². The van der Waals surface area contributed by atoms with Gasteiger partial charge in [-0.1, -0.05) is 12.1 Å². The standard InChI is InChI=1S/C27H32N8O5S2/c1-20-18-22(19-28)32-27(30-20)34-13-15-35(16-14-34)42(40,29-12-17-36)23-10-8-21(9-11-23)31-26(37)24-6-4-5-7-25(24)33(2)41(3,38)39/h4-11,18,36H,12-17H2,1-3H3,(H,31,37). The molecule has 2 heterocycles. The minimum Gasteiger partial charge on any atom is -0.394 e. The second-order valence-electron chi connectivity index (χ2n) is 9.52. The zero-order chi connectivity index (χ0) is 30.5. The van der Waals surface area contributed by atoms with Crippen LogP contribution < -0.4 is 14.5 Å². The number of carbonyl (C=O) groups is 1. The summed E-state index contributed by atoms with van der Waals surface area (Å²) in [7, 11) is -5.31. The van der Waals surface area contributed by atoms with Gasteiger partial charge >= 0.3 is 0 Å². The van der Waals surface area contributed by atoms with Gasteiger partial charge in [0.05, 0.1) is 35.6 Å². The molecule has 3 aromatic rings. The van der Waals surface area contributed by atoms with Gasteiger partial charge in [0.1, 0.15) is 21.7 Å². The molecule has 1 aliphatic rings. The Morgan fingerprint density at radius 3 is 2.38 bits per heavy atom. The average Bonchev–Trinajstić information content (AvgIpc) is 2.99. The number of sulfonamides is 1. The lowest BCUT2D eigenvalue weighted by Gasteiger charge is -2.36. The third-order valence-electron chi connectivity index (χ3n) is 6.60. The second-order valence-corrected chi connectivity index (χ2v) is 13.8. The Kier molecular flexibility index (Phi) is 9.42. The zero-order valence-electron chi connectivity index (χ0n) is 23.5. The maximum absolute atomic E-state index is 14.3. The van der Waals surface area contributed by atoms with E-state index < -0.39 is 25.8 Å². The molecule has 2 aromatic carbocycles. The summed E-state index contributed by atoms with van der Waals surface area (Å²) < 4.78 is 45.5. The van der Waals surface area contributed by atoms with Crippen molar-refractivity contribution < 1.29 is 22.5 Å². The predicted molar refractivity (Wildman–Crippen MR) is 160 cm³/mol. The quantitative estimate of drug-likeness (QED) is 0.366. The molecule has 42 heavy (non-hydrogen) atoms. The van der Waals surface area contributed by atoms with E-state index >= 15 is 0 Å². The molecule has 0 spiro atoms. The number of aromatic nitrogens is 2. The fourth-order valence-electron chi connectivity index (χ4n) is 4.39. The van der Waals surface area contributed by atoms with Crippen molar-refractivity contribution in [1.29, 1.82) is 5.26 Å². The smallest absolute Gasteiger partial charge is 0.257 e. The summed E-state index contributed by atoms with van der Waals surface area (Å²) >= 11 is 0. The maximum atomic E-state index is 14.3. The summed E-state index contributed by atoms with van der Waals surface area (Å²) in [5.74, 6) is -0.0667. The summed E-state index contributed by atoms with van der Waals surface area (Å²) in [5.41, 5.74) is 1.78. The number of aryl methyl sites for hydroxylation is 1. The highest BCUT2D eigenvalue weighted by Crippen LogP contribution is 2.26. The van der Waals surface area contributed by atoms with Gasteiger partial charge < -0.3 is 15.3 Å². The van der Waals surface area contributed by atoms with Crippen molar-refractivity contribution in [2.45, 2.75) is 11.8 Å². The topological polar surface area (TPSA) is 172 Å². The molecule has 1 amide bonds. The van der Waals surface area contributed by atoms with Gasteiger partial charge in [0.2, 0.25) is 16.0 Å². The Balaban J connectivity index is 1.53. The van der Waals surface area contributed by atoms with E-state index in [-0.39, 0.29) is 30.1 Å². The van der Waals surface area contributed by atoms with Gasteiger partial charge in [-0.25, -0.2) is 31.3 Å². The summed E-state index contributed by atoms with van der Waals surface area (Å²) in [4.78, 5) is 24.1. The first-order chi connectivity index (χ1) is 20.0. The first-order valence-electron chi connectivity index (χ1n) is 13.0. The molecule has 1 atom stereocenters. The number of nitrogens with zero attached hydrogens (tertiary/aromatic N) is 7. The Morgan fingerprint density at radius 2 is 1.76 bits per heavy atom. The van der Waals surface area contributed by atoms with Crippen molar-refractivity contribution >= 4 is 43.2 Å². The van der Waals surface area contributed by atoms with Crippen LogP contribution in [0.15, 0.2) is 63.9 Å². The third-order valence-corrected chi connectivity index (χ3v) is 10.3. The van der Waals surface area contributed by atoms with Crippen LogP contribution in [0.4, 0.5) is 17.3 Å². The number of para-hydroxylation sites is 1. The van der Waals surface area contributed by atoms with Gasteiger partial charge in [0.25, 0.3) is 5.91 Å². The number of nitrogens with one attached hydrogen (secondary N) is 1. The Bertz CT molecular complexity index is 1720. The van der Waals surface area contributed by atoms with Crippen LogP contribution >= 0.6 is 0 Å². The number of anilines is 3. The molecular formula is C27H32N8O5S2. The SMILES string of the molecule is Cc1cc(C#N)nc(N2CCN(S(=O)(=NCCO)c3ccc(NC(=O)c4ccccc4N(C)S(C)(=O)=O)cc3)CC2)n1. The molecule has 4 rings (SSSR count). The van der Waals surface area contributed by atoms with E-state index in [2.05, 4.69) is 19.6 Å². The van der Waals surface area contributed by atoms with Crippen molar-refractivity contribution in [2.24, 2.45) is 4.36 Å². The molecule has 0 aliphatic carbocycles. The highest BCUT2D eigenvalue weighted by Gasteiger charge is 2.28. The van der Waals surface area contributed by atoms with E-state index in [4.69, 9.17) is 0 Å². The van der Waals surface area contributed by atoms with Crippen LogP contribution in [-0.2, 0) is 19.9 Å². The number of aliphatic hydroxyl groups excluding tert-OH is 1. The van der Waals surface area contributed by atoms with Crippen LogP contribution in [-0.4, -0.2) is 90.5 Å². The van der Waals surface area contributed by atoms with Crippen LogP contribution in [0.5, 0.6) is 0 Å². The van der Waals surface area contributed by atoms with Gasteiger partial charge in [-0.15, -0.1) is 0 Å². The Hall–Kier alpha value is -4.10. The number of amides is 1. The number of carbonyl (C=O) groups excluding carboxylic acids is 1. The monoisotopic (exact) mass is 612 g/mol. The molecule has 13 nitrogen and oxygen atoms in total. The summed E-state index contributed by atoms with van der Waals surface area (Å²) in [5, 5.41) is 21.4. The van der Waals surface area contributed by atoms with E-state index in [9.17, 15) is 27.8 Å². The van der Waals surface area contributed by atoms with Crippen LogP contribution in [0.1, 0.15) is 21.7 Å². The molecule has 0 saturated carbocycles. The molecule has 1 fully saturated rings. The van der Waals surface area contributed by atoms with Crippen LogP contribution in [0.3, 0.4) is 0 Å². The van der Waals surface area contributed by atoms with Crippen molar-refractivity contribution in [3.8, 4) is 6.07 Å².